The van der Waals surface area contributed by atoms with Crippen molar-refractivity contribution in [1.29, 1.82) is 0 Å². The number of nitro benzene ring substituents is 1. The van der Waals surface area contributed by atoms with Gasteiger partial charge in [-0.2, -0.15) is 13.2 Å². The summed E-state index contributed by atoms with van der Waals surface area (Å²) in [6.45, 7) is -2.74. The Morgan fingerprint density at radius 2 is 1.97 bits per heavy atom. The van der Waals surface area contributed by atoms with Gasteiger partial charge in [0.1, 0.15) is 5.75 Å². The molecule has 0 aliphatic carbocycles. The minimum absolute atomic E-state index is 0.0248. The summed E-state index contributed by atoms with van der Waals surface area (Å²) in [6.07, 6.45) is 0.944. The number of piperidine rings is 1. The Hall–Kier alpha value is -3.63. The second-order valence-electron chi connectivity index (χ2n) is 6.88. The quantitative estimate of drug-likeness (QED) is 0.547. The maximum atomic E-state index is 13.5. The number of amides is 2. The van der Waals surface area contributed by atoms with Crippen molar-refractivity contribution in [2.24, 2.45) is 5.92 Å². The Bertz CT molecular complexity index is 1000. The molecule has 31 heavy (non-hydrogen) atoms. The molecule has 1 aliphatic rings. The molecular weight excluding hydrogens is 419 g/mol. The molecule has 11 heteroatoms. The Kier molecular flexibility index (Phi) is 6.73. The van der Waals surface area contributed by atoms with E-state index in [4.69, 9.17) is 0 Å². The van der Waals surface area contributed by atoms with E-state index in [0.717, 1.165) is 12.1 Å². The van der Waals surface area contributed by atoms with E-state index < -0.39 is 40.8 Å². The zero-order valence-corrected chi connectivity index (χ0v) is 16.1. The van der Waals surface area contributed by atoms with Crippen LogP contribution in [0.4, 0.5) is 24.5 Å². The second-order valence-corrected chi connectivity index (χ2v) is 6.88. The molecule has 1 N–H and O–H groups in total. The van der Waals surface area contributed by atoms with E-state index >= 15 is 0 Å². The van der Waals surface area contributed by atoms with Crippen molar-refractivity contribution in [3.05, 3.63) is 64.0 Å². The smallest absolute Gasteiger partial charge is 0.387 e. The van der Waals surface area contributed by atoms with Gasteiger partial charge in [0.2, 0.25) is 11.7 Å². The molecule has 3 rings (SSSR count). The first-order chi connectivity index (χ1) is 14.8. The van der Waals surface area contributed by atoms with Crippen LogP contribution < -0.4 is 10.1 Å². The molecule has 1 saturated heterocycles. The lowest BCUT2D eigenvalue weighted by molar-refractivity contribution is -0.387. The van der Waals surface area contributed by atoms with Crippen LogP contribution in [0, 0.1) is 21.8 Å². The molecular formula is C20H18F3N3O5. The van der Waals surface area contributed by atoms with Crippen LogP contribution >= 0.6 is 0 Å². The normalized spacial score (nSPS) is 16.1. The highest BCUT2D eigenvalue weighted by Crippen LogP contribution is 2.27. The van der Waals surface area contributed by atoms with E-state index in [0.29, 0.717) is 19.4 Å². The number of para-hydroxylation sites is 1. The maximum absolute atomic E-state index is 13.5. The van der Waals surface area contributed by atoms with Crippen molar-refractivity contribution in [3.8, 4) is 5.75 Å². The molecule has 164 valence electrons. The van der Waals surface area contributed by atoms with Crippen LogP contribution in [0.3, 0.4) is 0 Å². The summed E-state index contributed by atoms with van der Waals surface area (Å²) in [5.41, 5.74) is -0.760. The fourth-order valence-corrected chi connectivity index (χ4v) is 3.36. The van der Waals surface area contributed by atoms with E-state index in [1.165, 1.54) is 35.2 Å². The van der Waals surface area contributed by atoms with Gasteiger partial charge in [-0.05, 0) is 37.1 Å². The average molecular weight is 437 g/mol. The number of nitrogens with one attached hydrogen (secondary N) is 1. The number of halogens is 3. The van der Waals surface area contributed by atoms with Gasteiger partial charge in [0, 0.05) is 24.8 Å². The lowest BCUT2D eigenvalue weighted by Gasteiger charge is -2.32. The summed E-state index contributed by atoms with van der Waals surface area (Å²) in [4.78, 5) is 36.8. The molecule has 0 aromatic heterocycles. The molecule has 8 nitrogen and oxygen atoms in total. The number of hydrogen-bond donors (Lipinski definition) is 1. The highest BCUT2D eigenvalue weighted by molar-refractivity contribution is 5.98. The van der Waals surface area contributed by atoms with Gasteiger partial charge in [0.25, 0.3) is 5.91 Å². The largest absolute Gasteiger partial charge is 0.434 e. The molecule has 0 spiro atoms. The molecule has 1 heterocycles. The Morgan fingerprint density at radius 3 is 2.68 bits per heavy atom. The fourth-order valence-electron chi connectivity index (χ4n) is 3.36. The summed E-state index contributed by atoms with van der Waals surface area (Å²) >= 11 is 0. The molecule has 0 radical (unpaired) electrons. The zero-order valence-electron chi connectivity index (χ0n) is 16.1. The van der Waals surface area contributed by atoms with Gasteiger partial charge in [0.15, 0.2) is 0 Å². The lowest BCUT2D eigenvalue weighted by atomic mass is 9.96. The SMILES string of the molecule is O=C(Nc1ccc(F)c([N+](=O)[O-])c1)C1CCCN(C(=O)c2ccccc2OC(F)F)C1. The third kappa shape index (κ3) is 5.30. The van der Waals surface area contributed by atoms with Crippen molar-refractivity contribution in [2.75, 3.05) is 18.4 Å². The van der Waals surface area contributed by atoms with Crippen LogP contribution in [0.25, 0.3) is 0 Å². The summed E-state index contributed by atoms with van der Waals surface area (Å²) in [5, 5.41) is 13.4. The summed E-state index contributed by atoms with van der Waals surface area (Å²) in [5.74, 6) is -2.96. The van der Waals surface area contributed by atoms with Gasteiger partial charge in [-0.3, -0.25) is 19.7 Å². The molecule has 1 fully saturated rings. The van der Waals surface area contributed by atoms with E-state index in [9.17, 15) is 32.9 Å². The fraction of sp³-hybridized carbons (Fsp3) is 0.300. The highest BCUT2D eigenvalue weighted by Gasteiger charge is 2.30. The third-order valence-corrected chi connectivity index (χ3v) is 4.82. The lowest BCUT2D eigenvalue weighted by Crippen LogP contribution is -2.43. The third-order valence-electron chi connectivity index (χ3n) is 4.82. The Balaban J connectivity index is 1.71. The molecule has 1 unspecified atom stereocenters. The number of nitro groups is 1. The van der Waals surface area contributed by atoms with Gasteiger partial charge in [0.05, 0.1) is 16.4 Å². The van der Waals surface area contributed by atoms with Crippen LogP contribution in [-0.2, 0) is 4.79 Å². The highest BCUT2D eigenvalue weighted by atomic mass is 19.3. The average Bonchev–Trinajstić information content (AvgIpc) is 2.74. The Labute approximate surface area is 174 Å². The van der Waals surface area contributed by atoms with Gasteiger partial charge >= 0.3 is 12.3 Å². The van der Waals surface area contributed by atoms with Crippen LogP contribution in [0.15, 0.2) is 42.5 Å². The number of carbonyl (C=O) groups excluding carboxylic acids is 2. The number of alkyl halides is 2. The maximum Gasteiger partial charge on any atom is 0.387 e. The monoisotopic (exact) mass is 437 g/mol. The first-order valence-corrected chi connectivity index (χ1v) is 9.34. The van der Waals surface area contributed by atoms with Crippen LogP contribution in [0.1, 0.15) is 23.2 Å². The number of nitrogens with zero attached hydrogens (tertiary/aromatic N) is 2. The standard InChI is InChI=1S/C20H18F3N3O5/c21-15-8-7-13(10-16(15)26(29)30)24-18(27)12-4-3-9-25(11-12)19(28)14-5-1-2-6-17(14)31-20(22)23/h1-2,5-8,10,12,20H,3-4,9,11H2,(H,24,27). The van der Waals surface area contributed by atoms with E-state index in [1.54, 1.807) is 0 Å². The minimum atomic E-state index is -3.09. The van der Waals surface area contributed by atoms with Crippen molar-refractivity contribution in [2.45, 2.75) is 19.5 Å². The molecule has 2 amide bonds. The molecule has 1 atom stereocenters. The van der Waals surface area contributed by atoms with Crippen molar-refractivity contribution < 1.29 is 32.4 Å². The Morgan fingerprint density at radius 1 is 1.23 bits per heavy atom. The number of rotatable bonds is 6. The number of hydrogen-bond acceptors (Lipinski definition) is 5. The second kappa shape index (κ2) is 9.45. The van der Waals surface area contributed by atoms with Crippen molar-refractivity contribution >= 4 is 23.2 Å². The zero-order chi connectivity index (χ0) is 22.5. The van der Waals surface area contributed by atoms with E-state index in [1.807, 2.05) is 0 Å². The van der Waals surface area contributed by atoms with E-state index in [2.05, 4.69) is 10.1 Å². The summed E-state index contributed by atoms with van der Waals surface area (Å²) < 4.78 is 43.1. The van der Waals surface area contributed by atoms with Crippen molar-refractivity contribution in [3.63, 3.8) is 0 Å². The molecule has 1 aliphatic heterocycles. The number of anilines is 1. The van der Waals surface area contributed by atoms with Crippen LogP contribution in [0.2, 0.25) is 0 Å². The van der Waals surface area contributed by atoms with Gasteiger partial charge in [-0.15, -0.1) is 0 Å². The number of benzene rings is 2. The van der Waals surface area contributed by atoms with Crippen molar-refractivity contribution in [1.82, 2.24) is 4.90 Å². The van der Waals surface area contributed by atoms with Gasteiger partial charge < -0.3 is 15.0 Å². The van der Waals surface area contributed by atoms with Gasteiger partial charge in [-0.25, -0.2) is 0 Å². The minimum Gasteiger partial charge on any atom is -0.434 e. The molecule has 2 aromatic carbocycles. The van der Waals surface area contributed by atoms with Gasteiger partial charge in [-0.1, -0.05) is 12.1 Å². The summed E-state index contributed by atoms with van der Waals surface area (Å²) in [7, 11) is 0. The first-order valence-electron chi connectivity index (χ1n) is 9.34. The summed E-state index contributed by atoms with van der Waals surface area (Å²) in [6, 6.07) is 8.59. The number of likely N-dealkylation sites (tertiary alicyclic amines) is 1. The van der Waals surface area contributed by atoms with Crippen LogP contribution in [0.5, 0.6) is 5.75 Å². The van der Waals surface area contributed by atoms with Crippen LogP contribution in [-0.4, -0.2) is 41.3 Å². The number of ether oxygens (including phenoxy) is 1. The molecule has 0 saturated carbocycles. The predicted molar refractivity (Wildman–Crippen MR) is 103 cm³/mol. The van der Waals surface area contributed by atoms with E-state index in [-0.39, 0.29) is 23.5 Å². The number of carbonyl (C=O) groups is 2. The molecule has 0 bridgehead atoms. The topological polar surface area (TPSA) is 102 Å². The molecule has 2 aromatic rings. The predicted octanol–water partition coefficient (Wildman–Crippen LogP) is 3.83. The first kappa shape index (κ1) is 22.1.